The van der Waals surface area contributed by atoms with Crippen LogP contribution in [0.15, 0.2) is 18.2 Å². The number of aromatic carboxylic acids is 1. The third-order valence-corrected chi connectivity index (χ3v) is 4.25. The maximum atomic E-state index is 11.1. The number of rotatable bonds is 5. The summed E-state index contributed by atoms with van der Waals surface area (Å²) in [6.07, 6.45) is 0.719. The monoisotopic (exact) mass is 325 g/mol. The molecule has 1 aromatic rings. The zero-order valence-corrected chi connectivity index (χ0v) is 13.4. The predicted molar refractivity (Wildman–Crippen MR) is 87.1 cm³/mol. The SMILES string of the molecule is CC.NC(=O)CCSC1Cc2cccc(C(=O)O)c2OB1O. The lowest BCUT2D eigenvalue weighted by atomic mass is 9.77. The van der Waals surface area contributed by atoms with Gasteiger partial charge in [0.15, 0.2) is 0 Å². The summed E-state index contributed by atoms with van der Waals surface area (Å²) >= 11 is 1.39. The van der Waals surface area contributed by atoms with E-state index in [4.69, 9.17) is 15.5 Å². The van der Waals surface area contributed by atoms with Crippen molar-refractivity contribution in [2.24, 2.45) is 5.73 Å². The highest BCUT2D eigenvalue weighted by molar-refractivity contribution is 8.01. The molecule has 2 rings (SSSR count). The van der Waals surface area contributed by atoms with E-state index in [1.807, 2.05) is 13.8 Å². The third kappa shape index (κ3) is 4.67. The Morgan fingerprint density at radius 1 is 1.45 bits per heavy atom. The molecule has 1 unspecified atom stereocenters. The molecule has 1 amide bonds. The van der Waals surface area contributed by atoms with E-state index in [1.54, 1.807) is 12.1 Å². The molecule has 0 radical (unpaired) electrons. The summed E-state index contributed by atoms with van der Waals surface area (Å²) in [5, 5.41) is 18.8. The van der Waals surface area contributed by atoms with Crippen molar-refractivity contribution in [3.8, 4) is 5.75 Å². The summed E-state index contributed by atoms with van der Waals surface area (Å²) in [5.41, 5.74) is 5.85. The minimum absolute atomic E-state index is 0.0436. The maximum Gasteiger partial charge on any atom is 0.536 e. The molecule has 22 heavy (non-hydrogen) atoms. The second kappa shape index (κ2) is 8.70. The van der Waals surface area contributed by atoms with Crippen molar-refractivity contribution in [2.75, 3.05) is 5.75 Å². The van der Waals surface area contributed by atoms with Crippen LogP contribution in [-0.2, 0) is 11.2 Å². The van der Waals surface area contributed by atoms with Crippen LogP contribution in [0.25, 0.3) is 0 Å². The van der Waals surface area contributed by atoms with Crippen LogP contribution in [0, 0.1) is 0 Å². The number of amides is 1. The van der Waals surface area contributed by atoms with E-state index < -0.39 is 19.0 Å². The molecule has 1 aliphatic heterocycles. The van der Waals surface area contributed by atoms with Gasteiger partial charge >= 0.3 is 13.1 Å². The lowest BCUT2D eigenvalue weighted by molar-refractivity contribution is -0.117. The summed E-state index contributed by atoms with van der Waals surface area (Å²) in [4.78, 5) is 21.8. The van der Waals surface area contributed by atoms with Crippen LogP contribution >= 0.6 is 11.8 Å². The Morgan fingerprint density at radius 3 is 2.73 bits per heavy atom. The van der Waals surface area contributed by atoms with Gasteiger partial charge in [0, 0.05) is 12.2 Å². The van der Waals surface area contributed by atoms with Crippen molar-refractivity contribution < 1.29 is 24.4 Å². The highest BCUT2D eigenvalue weighted by Gasteiger charge is 2.36. The van der Waals surface area contributed by atoms with Crippen molar-refractivity contribution in [1.29, 1.82) is 0 Å². The van der Waals surface area contributed by atoms with Crippen LogP contribution in [0.2, 0.25) is 0 Å². The lowest BCUT2D eigenvalue weighted by Crippen LogP contribution is -2.41. The minimum Gasteiger partial charge on any atom is -0.535 e. The molecule has 120 valence electrons. The number of carboxylic acids is 1. The normalized spacial score (nSPS) is 16.0. The molecule has 0 bridgehead atoms. The zero-order valence-electron chi connectivity index (χ0n) is 12.6. The molecule has 1 aromatic carbocycles. The Labute approximate surface area is 134 Å². The molecule has 1 atom stereocenters. The van der Waals surface area contributed by atoms with Crippen molar-refractivity contribution in [2.45, 2.75) is 31.8 Å². The smallest absolute Gasteiger partial charge is 0.535 e. The summed E-state index contributed by atoms with van der Waals surface area (Å²) in [7, 11) is -1.10. The first kappa shape index (κ1) is 18.4. The van der Waals surface area contributed by atoms with Gasteiger partial charge in [0.05, 0.1) is 10.7 Å². The largest absolute Gasteiger partial charge is 0.536 e. The molecule has 1 aliphatic rings. The Kier molecular flexibility index (Phi) is 7.27. The first-order valence-corrected chi connectivity index (χ1v) is 8.13. The van der Waals surface area contributed by atoms with E-state index in [1.165, 1.54) is 17.8 Å². The summed E-state index contributed by atoms with van der Waals surface area (Å²) in [6.45, 7) is 4.00. The van der Waals surface area contributed by atoms with Crippen molar-refractivity contribution in [1.82, 2.24) is 0 Å². The molecular formula is C14H20BNO5S. The van der Waals surface area contributed by atoms with E-state index in [2.05, 4.69) is 0 Å². The number of thioether (sulfide) groups is 1. The number of hydrogen-bond acceptors (Lipinski definition) is 5. The summed E-state index contributed by atoms with van der Waals surface area (Å²) in [6, 6.07) is 4.86. The average molecular weight is 325 g/mol. The fourth-order valence-corrected chi connectivity index (χ4v) is 3.16. The maximum absolute atomic E-state index is 11.1. The lowest BCUT2D eigenvalue weighted by Gasteiger charge is -2.27. The zero-order chi connectivity index (χ0) is 16.7. The van der Waals surface area contributed by atoms with E-state index in [0.29, 0.717) is 12.2 Å². The molecule has 8 heteroatoms. The number of para-hydroxylation sites is 1. The topological polar surface area (TPSA) is 110 Å². The summed E-state index contributed by atoms with van der Waals surface area (Å²) < 4.78 is 5.33. The van der Waals surface area contributed by atoms with Crippen molar-refractivity contribution in [3.05, 3.63) is 29.3 Å². The molecule has 0 saturated heterocycles. The fourth-order valence-electron chi connectivity index (χ4n) is 2.02. The van der Waals surface area contributed by atoms with Gasteiger partial charge in [-0.15, -0.1) is 0 Å². The van der Waals surface area contributed by atoms with E-state index >= 15 is 0 Å². The van der Waals surface area contributed by atoms with Crippen LogP contribution < -0.4 is 10.4 Å². The number of primary amides is 1. The van der Waals surface area contributed by atoms with Gasteiger partial charge in [-0.05, 0) is 18.1 Å². The van der Waals surface area contributed by atoms with E-state index in [9.17, 15) is 14.6 Å². The van der Waals surface area contributed by atoms with Gasteiger partial charge in [0.25, 0.3) is 0 Å². The van der Waals surface area contributed by atoms with Crippen molar-refractivity contribution >= 4 is 30.8 Å². The van der Waals surface area contributed by atoms with Crippen LogP contribution in [-0.4, -0.2) is 40.0 Å². The molecule has 0 aromatic heterocycles. The van der Waals surface area contributed by atoms with Crippen LogP contribution in [0.5, 0.6) is 5.75 Å². The Hall–Kier alpha value is -1.67. The third-order valence-electron chi connectivity index (χ3n) is 2.99. The summed E-state index contributed by atoms with van der Waals surface area (Å²) in [5.74, 6) is -0.764. The van der Waals surface area contributed by atoms with Gasteiger partial charge in [-0.25, -0.2) is 4.79 Å². The van der Waals surface area contributed by atoms with Crippen LogP contribution in [0.1, 0.15) is 36.2 Å². The fraction of sp³-hybridized carbons (Fsp3) is 0.429. The van der Waals surface area contributed by atoms with Crippen LogP contribution in [0.4, 0.5) is 0 Å². The van der Waals surface area contributed by atoms with Gasteiger partial charge in [-0.3, -0.25) is 4.79 Å². The molecule has 0 saturated carbocycles. The first-order chi connectivity index (χ1) is 10.5. The van der Waals surface area contributed by atoms with Gasteiger partial charge in [-0.1, -0.05) is 26.0 Å². The molecule has 1 heterocycles. The number of nitrogens with two attached hydrogens (primary N) is 1. The number of carboxylic acid groups (broad SMARTS) is 1. The molecule has 6 nitrogen and oxygen atoms in total. The highest BCUT2D eigenvalue weighted by Crippen LogP contribution is 2.34. The molecule has 4 N–H and O–H groups in total. The number of hydrogen-bond donors (Lipinski definition) is 3. The van der Waals surface area contributed by atoms with Gasteiger partial charge in [0.2, 0.25) is 5.91 Å². The Bertz CT molecular complexity index is 540. The molecular weight excluding hydrogens is 305 g/mol. The number of fused-ring (bicyclic) bond motifs is 1. The quantitative estimate of drug-likeness (QED) is 0.705. The molecule has 0 spiro atoms. The Balaban J connectivity index is 0.00000116. The van der Waals surface area contributed by atoms with Crippen LogP contribution in [0.3, 0.4) is 0 Å². The highest BCUT2D eigenvalue weighted by atomic mass is 32.2. The van der Waals surface area contributed by atoms with E-state index in [-0.39, 0.29) is 22.9 Å². The standard InChI is InChI=1S/C12H14BNO5S.C2H6/c14-10(15)4-5-20-9-6-7-2-1-3-8(12(16)17)11(7)19-13(9)18;1-2/h1-3,9,18H,4-6H2,(H2,14,15)(H,16,17);1-2H3. The van der Waals surface area contributed by atoms with Gasteiger partial charge < -0.3 is 20.5 Å². The minimum atomic E-state index is -1.10. The predicted octanol–water partition coefficient (Wildman–Crippen LogP) is 1.34. The molecule has 0 aliphatic carbocycles. The number of carbonyl (C=O) groups excluding carboxylic acids is 1. The van der Waals surface area contributed by atoms with Crippen molar-refractivity contribution in [3.63, 3.8) is 0 Å². The van der Waals surface area contributed by atoms with Gasteiger partial charge in [0.1, 0.15) is 5.75 Å². The number of benzene rings is 1. The average Bonchev–Trinajstić information content (AvgIpc) is 2.48. The molecule has 0 fully saturated rings. The number of carbonyl (C=O) groups is 2. The van der Waals surface area contributed by atoms with E-state index in [0.717, 1.165) is 5.56 Å². The second-order valence-electron chi connectivity index (χ2n) is 4.44. The first-order valence-electron chi connectivity index (χ1n) is 7.09. The van der Waals surface area contributed by atoms with Gasteiger partial charge in [-0.2, -0.15) is 11.8 Å². The second-order valence-corrected chi connectivity index (χ2v) is 5.78. The Morgan fingerprint density at radius 2 is 2.14 bits per heavy atom.